The SMILES string of the molecule is CNC1CCCCCC1N1CC2CCCCN2CC1C. The molecule has 0 spiro atoms. The zero-order valence-corrected chi connectivity index (χ0v) is 13.5. The lowest BCUT2D eigenvalue weighted by molar-refractivity contribution is -0.0175. The van der Waals surface area contributed by atoms with Crippen LogP contribution in [0.5, 0.6) is 0 Å². The number of piperidine rings is 1. The second-order valence-electron chi connectivity index (χ2n) is 7.29. The summed E-state index contributed by atoms with van der Waals surface area (Å²) in [6.07, 6.45) is 11.4. The van der Waals surface area contributed by atoms with Crippen LogP contribution in [-0.2, 0) is 0 Å². The molecule has 1 aliphatic carbocycles. The van der Waals surface area contributed by atoms with E-state index in [-0.39, 0.29) is 0 Å². The summed E-state index contributed by atoms with van der Waals surface area (Å²) in [6, 6.07) is 3.08. The molecule has 2 aliphatic heterocycles. The van der Waals surface area contributed by atoms with Crippen LogP contribution in [0.3, 0.4) is 0 Å². The smallest absolute Gasteiger partial charge is 0.0253 e. The van der Waals surface area contributed by atoms with Crippen molar-refractivity contribution in [2.24, 2.45) is 0 Å². The lowest BCUT2D eigenvalue weighted by atomic mass is 9.92. The van der Waals surface area contributed by atoms with Gasteiger partial charge in [0.2, 0.25) is 0 Å². The standard InChI is InChI=1S/C17H33N3/c1-14-12-19-11-7-6-8-15(19)13-20(14)17-10-5-3-4-9-16(17)18-2/h14-18H,3-13H2,1-2H3. The number of hydrogen-bond acceptors (Lipinski definition) is 3. The maximum atomic E-state index is 3.63. The van der Waals surface area contributed by atoms with Gasteiger partial charge in [-0.2, -0.15) is 0 Å². The van der Waals surface area contributed by atoms with E-state index in [4.69, 9.17) is 0 Å². The van der Waals surface area contributed by atoms with Gasteiger partial charge in [-0.15, -0.1) is 0 Å². The van der Waals surface area contributed by atoms with Gasteiger partial charge in [-0.1, -0.05) is 25.7 Å². The molecule has 1 saturated carbocycles. The van der Waals surface area contributed by atoms with Crippen molar-refractivity contribution in [1.82, 2.24) is 15.1 Å². The fourth-order valence-electron chi connectivity index (χ4n) is 4.86. The monoisotopic (exact) mass is 279 g/mol. The highest BCUT2D eigenvalue weighted by Crippen LogP contribution is 2.30. The molecule has 1 N–H and O–H groups in total. The highest BCUT2D eigenvalue weighted by molar-refractivity contribution is 4.95. The summed E-state index contributed by atoms with van der Waals surface area (Å²) in [5.41, 5.74) is 0. The van der Waals surface area contributed by atoms with E-state index in [2.05, 4.69) is 29.1 Å². The Morgan fingerprint density at radius 2 is 1.70 bits per heavy atom. The van der Waals surface area contributed by atoms with Crippen LogP contribution in [0.4, 0.5) is 0 Å². The van der Waals surface area contributed by atoms with E-state index < -0.39 is 0 Å². The zero-order chi connectivity index (χ0) is 13.9. The number of likely N-dealkylation sites (N-methyl/N-ethyl adjacent to an activating group) is 1. The molecule has 4 atom stereocenters. The molecule has 0 aromatic rings. The Labute approximate surface area is 125 Å². The van der Waals surface area contributed by atoms with Crippen molar-refractivity contribution in [3.63, 3.8) is 0 Å². The number of piperazine rings is 1. The van der Waals surface area contributed by atoms with Crippen molar-refractivity contribution in [2.75, 3.05) is 26.7 Å². The lowest BCUT2D eigenvalue weighted by Crippen LogP contribution is -2.63. The van der Waals surface area contributed by atoms with E-state index in [0.29, 0.717) is 0 Å². The average molecular weight is 279 g/mol. The van der Waals surface area contributed by atoms with Gasteiger partial charge < -0.3 is 5.32 Å². The van der Waals surface area contributed by atoms with Gasteiger partial charge in [-0.05, 0) is 46.2 Å². The molecule has 3 heteroatoms. The van der Waals surface area contributed by atoms with Crippen molar-refractivity contribution in [3.8, 4) is 0 Å². The number of nitrogens with zero attached hydrogens (tertiary/aromatic N) is 2. The van der Waals surface area contributed by atoms with E-state index in [1.54, 1.807) is 0 Å². The third-order valence-corrected chi connectivity index (χ3v) is 6.01. The quantitative estimate of drug-likeness (QED) is 0.783. The van der Waals surface area contributed by atoms with Gasteiger partial charge in [0.05, 0.1) is 0 Å². The Balaban J connectivity index is 1.70. The van der Waals surface area contributed by atoms with Crippen LogP contribution in [-0.4, -0.2) is 60.6 Å². The average Bonchev–Trinajstić information content (AvgIpc) is 2.71. The predicted octanol–water partition coefficient (Wildman–Crippen LogP) is 2.47. The molecule has 0 radical (unpaired) electrons. The van der Waals surface area contributed by atoms with Crippen molar-refractivity contribution in [2.45, 2.75) is 82.5 Å². The first kappa shape index (κ1) is 14.8. The molecule has 2 heterocycles. The summed E-state index contributed by atoms with van der Waals surface area (Å²) in [5, 5.41) is 3.63. The van der Waals surface area contributed by atoms with Crippen LogP contribution in [0.1, 0.15) is 58.3 Å². The second kappa shape index (κ2) is 6.76. The predicted molar refractivity (Wildman–Crippen MR) is 85.1 cm³/mol. The van der Waals surface area contributed by atoms with E-state index in [9.17, 15) is 0 Å². The van der Waals surface area contributed by atoms with Gasteiger partial charge in [-0.3, -0.25) is 9.80 Å². The minimum atomic E-state index is 0.718. The van der Waals surface area contributed by atoms with Crippen LogP contribution >= 0.6 is 0 Å². The summed E-state index contributed by atoms with van der Waals surface area (Å²) in [6.45, 7) is 6.44. The van der Waals surface area contributed by atoms with Gasteiger partial charge in [-0.25, -0.2) is 0 Å². The molecule has 0 bridgehead atoms. The molecule has 20 heavy (non-hydrogen) atoms. The van der Waals surface area contributed by atoms with E-state index in [1.807, 2.05) is 0 Å². The largest absolute Gasteiger partial charge is 0.315 e. The van der Waals surface area contributed by atoms with Gasteiger partial charge in [0.15, 0.2) is 0 Å². The van der Waals surface area contributed by atoms with Crippen LogP contribution in [0, 0.1) is 0 Å². The maximum absolute atomic E-state index is 3.63. The first-order chi connectivity index (χ1) is 9.79. The number of fused-ring (bicyclic) bond motifs is 1. The van der Waals surface area contributed by atoms with Crippen LogP contribution in [0.2, 0.25) is 0 Å². The third-order valence-electron chi connectivity index (χ3n) is 6.01. The van der Waals surface area contributed by atoms with Gasteiger partial charge in [0, 0.05) is 37.3 Å². The van der Waals surface area contributed by atoms with Gasteiger partial charge in [0.25, 0.3) is 0 Å². The van der Waals surface area contributed by atoms with Gasteiger partial charge in [0.1, 0.15) is 0 Å². The minimum absolute atomic E-state index is 0.718. The molecule has 0 amide bonds. The molecule has 2 saturated heterocycles. The first-order valence-corrected chi connectivity index (χ1v) is 8.96. The summed E-state index contributed by atoms with van der Waals surface area (Å²) < 4.78 is 0. The molecule has 0 aromatic carbocycles. The highest BCUT2D eigenvalue weighted by atomic mass is 15.3. The first-order valence-electron chi connectivity index (χ1n) is 8.96. The van der Waals surface area contributed by atoms with Crippen molar-refractivity contribution >= 4 is 0 Å². The molecule has 3 nitrogen and oxygen atoms in total. The summed E-state index contributed by atoms with van der Waals surface area (Å²) in [4.78, 5) is 5.65. The Bertz CT molecular complexity index is 307. The molecule has 3 rings (SSSR count). The Morgan fingerprint density at radius 1 is 0.900 bits per heavy atom. The molecule has 3 aliphatic rings. The Hall–Kier alpha value is -0.120. The van der Waals surface area contributed by atoms with Crippen molar-refractivity contribution < 1.29 is 0 Å². The zero-order valence-electron chi connectivity index (χ0n) is 13.5. The van der Waals surface area contributed by atoms with Crippen molar-refractivity contribution in [3.05, 3.63) is 0 Å². The van der Waals surface area contributed by atoms with Crippen LogP contribution in [0.15, 0.2) is 0 Å². The minimum Gasteiger partial charge on any atom is -0.315 e. The lowest BCUT2D eigenvalue weighted by Gasteiger charge is -2.51. The number of rotatable bonds is 2. The third kappa shape index (κ3) is 3.05. The summed E-state index contributed by atoms with van der Waals surface area (Å²) >= 11 is 0. The van der Waals surface area contributed by atoms with Crippen LogP contribution < -0.4 is 5.32 Å². The summed E-state index contributed by atoms with van der Waals surface area (Å²) in [5.74, 6) is 0. The number of nitrogens with one attached hydrogen (secondary N) is 1. The fourth-order valence-corrected chi connectivity index (χ4v) is 4.86. The fraction of sp³-hybridized carbons (Fsp3) is 1.00. The Kier molecular flexibility index (Phi) is 5.00. The molecular formula is C17H33N3. The number of hydrogen-bond donors (Lipinski definition) is 1. The van der Waals surface area contributed by atoms with E-state index in [0.717, 1.165) is 24.2 Å². The van der Waals surface area contributed by atoms with Crippen LogP contribution in [0.25, 0.3) is 0 Å². The van der Waals surface area contributed by atoms with E-state index in [1.165, 1.54) is 71.0 Å². The summed E-state index contributed by atoms with van der Waals surface area (Å²) in [7, 11) is 2.17. The Morgan fingerprint density at radius 3 is 2.55 bits per heavy atom. The van der Waals surface area contributed by atoms with Gasteiger partial charge >= 0.3 is 0 Å². The molecule has 3 fully saturated rings. The molecule has 4 unspecified atom stereocenters. The molecule has 116 valence electrons. The molecular weight excluding hydrogens is 246 g/mol. The topological polar surface area (TPSA) is 18.5 Å². The maximum Gasteiger partial charge on any atom is 0.0253 e. The van der Waals surface area contributed by atoms with Crippen molar-refractivity contribution in [1.29, 1.82) is 0 Å². The molecule has 0 aromatic heterocycles. The highest BCUT2D eigenvalue weighted by Gasteiger charge is 2.38. The van der Waals surface area contributed by atoms with E-state index >= 15 is 0 Å². The normalized spacial score (nSPS) is 41.1. The second-order valence-corrected chi connectivity index (χ2v) is 7.29.